The van der Waals surface area contributed by atoms with Gasteiger partial charge in [-0.15, -0.1) is 0 Å². The summed E-state index contributed by atoms with van der Waals surface area (Å²) in [6, 6.07) is 0.838. The number of anilines is 1. The van der Waals surface area contributed by atoms with Gasteiger partial charge in [0.15, 0.2) is 0 Å². The van der Waals surface area contributed by atoms with E-state index >= 15 is 0 Å². The topological polar surface area (TPSA) is 138 Å². The van der Waals surface area contributed by atoms with Gasteiger partial charge >= 0.3 is 0 Å². The van der Waals surface area contributed by atoms with Crippen molar-refractivity contribution >= 4 is 17.1 Å². The molecule has 8 nitrogen and oxygen atoms in total. The summed E-state index contributed by atoms with van der Waals surface area (Å²) in [5.74, 6) is 0. The molecular weight excluding hydrogens is 216 g/mol. The lowest BCUT2D eigenvalue weighted by Gasteiger charge is -2.07. The molecule has 0 unspecified atom stereocenters. The summed E-state index contributed by atoms with van der Waals surface area (Å²) in [6.45, 7) is 1.38. The molecule has 0 atom stereocenters. The van der Waals surface area contributed by atoms with Crippen molar-refractivity contribution in [2.45, 2.75) is 13.5 Å². The van der Waals surface area contributed by atoms with E-state index in [1.807, 2.05) is 0 Å². The van der Waals surface area contributed by atoms with E-state index in [1.54, 1.807) is 0 Å². The lowest BCUT2D eigenvalue weighted by Crippen LogP contribution is -2.08. The number of rotatable bonds is 3. The number of nitrogens with two attached hydrogens (primary N) is 2. The van der Waals surface area contributed by atoms with E-state index in [-0.39, 0.29) is 29.0 Å². The van der Waals surface area contributed by atoms with Crippen molar-refractivity contribution in [3.8, 4) is 0 Å². The molecule has 0 heterocycles. The van der Waals surface area contributed by atoms with Crippen LogP contribution in [0.25, 0.3) is 0 Å². The first kappa shape index (κ1) is 11.9. The van der Waals surface area contributed by atoms with Crippen LogP contribution in [0, 0.1) is 27.2 Å². The second-order valence-corrected chi connectivity index (χ2v) is 3.15. The Hall–Kier alpha value is -2.22. The fourth-order valence-electron chi connectivity index (χ4n) is 1.41. The van der Waals surface area contributed by atoms with Crippen LogP contribution >= 0.6 is 0 Å². The second kappa shape index (κ2) is 4.11. The normalized spacial score (nSPS) is 10.1. The molecule has 0 amide bonds. The molecule has 0 fully saturated rings. The quantitative estimate of drug-likeness (QED) is 0.445. The van der Waals surface area contributed by atoms with Gasteiger partial charge in [0, 0.05) is 12.1 Å². The van der Waals surface area contributed by atoms with E-state index in [0.717, 1.165) is 6.07 Å². The van der Waals surface area contributed by atoms with E-state index < -0.39 is 15.5 Å². The van der Waals surface area contributed by atoms with E-state index in [4.69, 9.17) is 11.5 Å². The summed E-state index contributed by atoms with van der Waals surface area (Å²) in [4.78, 5) is 19.9. The summed E-state index contributed by atoms with van der Waals surface area (Å²) in [5, 5.41) is 21.3. The molecule has 0 aliphatic rings. The van der Waals surface area contributed by atoms with Crippen molar-refractivity contribution in [1.82, 2.24) is 0 Å². The Labute approximate surface area is 90.1 Å². The van der Waals surface area contributed by atoms with Gasteiger partial charge in [-0.3, -0.25) is 20.2 Å². The van der Waals surface area contributed by atoms with Crippen molar-refractivity contribution < 1.29 is 9.85 Å². The third-order valence-corrected chi connectivity index (χ3v) is 2.31. The molecule has 0 radical (unpaired) electrons. The zero-order valence-electron chi connectivity index (χ0n) is 8.47. The summed E-state index contributed by atoms with van der Waals surface area (Å²) in [6.07, 6.45) is 0. The third-order valence-electron chi connectivity index (χ3n) is 2.31. The highest BCUT2D eigenvalue weighted by molar-refractivity contribution is 5.70. The van der Waals surface area contributed by atoms with E-state index in [9.17, 15) is 20.2 Å². The lowest BCUT2D eigenvalue weighted by molar-refractivity contribution is -0.394. The highest BCUT2D eigenvalue weighted by Crippen LogP contribution is 2.34. The van der Waals surface area contributed by atoms with Crippen LogP contribution in [0.15, 0.2) is 6.07 Å². The predicted molar refractivity (Wildman–Crippen MR) is 56.8 cm³/mol. The molecule has 0 aliphatic carbocycles. The number of hydrogen-bond acceptors (Lipinski definition) is 6. The maximum atomic E-state index is 10.7. The number of hydrogen-bond donors (Lipinski definition) is 2. The molecule has 1 rings (SSSR count). The number of nitrogens with zero attached hydrogens (tertiary/aromatic N) is 2. The number of nitro groups is 2. The summed E-state index contributed by atoms with van der Waals surface area (Å²) >= 11 is 0. The Morgan fingerprint density at radius 1 is 1.25 bits per heavy atom. The van der Waals surface area contributed by atoms with Crippen LogP contribution in [-0.4, -0.2) is 9.85 Å². The molecule has 0 spiro atoms. The number of nitro benzene ring substituents is 2. The summed E-state index contributed by atoms with van der Waals surface area (Å²) in [5.41, 5.74) is 10.4. The van der Waals surface area contributed by atoms with Crippen LogP contribution in [0.5, 0.6) is 0 Å². The van der Waals surface area contributed by atoms with Crippen LogP contribution in [0.4, 0.5) is 17.1 Å². The van der Waals surface area contributed by atoms with Crippen LogP contribution in [0.2, 0.25) is 0 Å². The number of benzene rings is 1. The minimum Gasteiger partial charge on any atom is -0.393 e. The molecule has 4 N–H and O–H groups in total. The largest absolute Gasteiger partial charge is 0.393 e. The van der Waals surface area contributed by atoms with Crippen LogP contribution in [0.1, 0.15) is 11.1 Å². The van der Waals surface area contributed by atoms with Crippen molar-refractivity contribution in [3.05, 3.63) is 37.4 Å². The minimum absolute atomic E-state index is 0.0870. The van der Waals surface area contributed by atoms with Crippen LogP contribution in [0.3, 0.4) is 0 Å². The predicted octanol–water partition coefficient (Wildman–Crippen LogP) is 0.852. The second-order valence-electron chi connectivity index (χ2n) is 3.15. The third kappa shape index (κ3) is 1.77. The average molecular weight is 226 g/mol. The first-order valence-corrected chi connectivity index (χ1v) is 4.31. The Balaban J connectivity index is 3.62. The molecule has 8 heteroatoms. The molecule has 0 bridgehead atoms. The van der Waals surface area contributed by atoms with E-state index in [2.05, 4.69) is 0 Å². The maximum Gasteiger partial charge on any atom is 0.299 e. The molecule has 86 valence electrons. The van der Waals surface area contributed by atoms with Crippen molar-refractivity contribution in [2.24, 2.45) is 5.73 Å². The Morgan fingerprint density at radius 3 is 2.12 bits per heavy atom. The minimum atomic E-state index is -0.754. The molecule has 16 heavy (non-hydrogen) atoms. The zero-order chi connectivity index (χ0) is 12.5. The monoisotopic (exact) mass is 226 g/mol. The highest BCUT2D eigenvalue weighted by Gasteiger charge is 2.25. The van der Waals surface area contributed by atoms with E-state index in [0.29, 0.717) is 0 Å². The average Bonchev–Trinajstić information content (AvgIpc) is 2.20. The van der Waals surface area contributed by atoms with Gasteiger partial charge in [0.2, 0.25) is 0 Å². The molecule has 1 aromatic rings. The van der Waals surface area contributed by atoms with Crippen LogP contribution in [-0.2, 0) is 6.54 Å². The fourth-order valence-corrected chi connectivity index (χ4v) is 1.41. The van der Waals surface area contributed by atoms with E-state index in [1.165, 1.54) is 6.92 Å². The Kier molecular flexibility index (Phi) is 3.04. The standard InChI is InChI=1S/C8H10N4O4/c1-4-5(3-9)6(11(13)14)2-7(8(4)10)12(15)16/h2H,3,9-10H2,1H3. The van der Waals surface area contributed by atoms with Crippen molar-refractivity contribution in [1.29, 1.82) is 0 Å². The Morgan fingerprint density at radius 2 is 1.75 bits per heavy atom. The Bertz CT molecular complexity index is 472. The molecule has 0 aliphatic heterocycles. The first-order valence-electron chi connectivity index (χ1n) is 4.31. The summed E-state index contributed by atoms with van der Waals surface area (Å²) < 4.78 is 0. The van der Waals surface area contributed by atoms with Gasteiger partial charge in [0.1, 0.15) is 5.69 Å². The van der Waals surface area contributed by atoms with Gasteiger partial charge in [0.05, 0.1) is 15.9 Å². The van der Waals surface area contributed by atoms with Gasteiger partial charge in [-0.05, 0) is 12.5 Å². The fraction of sp³-hybridized carbons (Fsp3) is 0.250. The van der Waals surface area contributed by atoms with Crippen molar-refractivity contribution in [2.75, 3.05) is 5.73 Å². The van der Waals surface area contributed by atoms with Gasteiger partial charge in [-0.2, -0.15) is 0 Å². The smallest absolute Gasteiger partial charge is 0.299 e. The summed E-state index contributed by atoms with van der Waals surface area (Å²) in [7, 11) is 0. The number of nitrogen functional groups attached to an aromatic ring is 1. The van der Waals surface area contributed by atoms with Gasteiger partial charge in [-0.25, -0.2) is 0 Å². The van der Waals surface area contributed by atoms with Gasteiger partial charge in [0.25, 0.3) is 11.4 Å². The van der Waals surface area contributed by atoms with Crippen molar-refractivity contribution in [3.63, 3.8) is 0 Å². The zero-order valence-corrected chi connectivity index (χ0v) is 8.47. The van der Waals surface area contributed by atoms with Crippen LogP contribution < -0.4 is 11.5 Å². The lowest BCUT2D eigenvalue weighted by atomic mass is 10.0. The van der Waals surface area contributed by atoms with Gasteiger partial charge in [-0.1, -0.05) is 0 Å². The SMILES string of the molecule is Cc1c(N)c([N+](=O)[O-])cc([N+](=O)[O-])c1CN. The molecule has 0 saturated carbocycles. The first-order chi connectivity index (χ1) is 7.40. The highest BCUT2D eigenvalue weighted by atomic mass is 16.6. The molecular formula is C8H10N4O4. The molecule has 0 aromatic heterocycles. The van der Waals surface area contributed by atoms with Gasteiger partial charge < -0.3 is 11.5 Å². The molecule has 0 saturated heterocycles. The maximum absolute atomic E-state index is 10.7. The molecule has 1 aromatic carbocycles.